The van der Waals surface area contributed by atoms with E-state index in [0.29, 0.717) is 21.7 Å². The minimum absolute atomic E-state index is 0.0996. The molecule has 3 aromatic carbocycles. The van der Waals surface area contributed by atoms with Gasteiger partial charge in [-0.05, 0) is 99.7 Å². The van der Waals surface area contributed by atoms with Gasteiger partial charge in [0.2, 0.25) is 5.91 Å². The lowest BCUT2D eigenvalue weighted by Gasteiger charge is -2.16. The summed E-state index contributed by atoms with van der Waals surface area (Å²) in [6, 6.07) is 17.0. The highest BCUT2D eigenvalue weighted by Crippen LogP contribution is 2.33. The number of carbonyl (C=O) groups excluding carboxylic acids is 1. The molecule has 0 atom stereocenters. The Balaban J connectivity index is 1.71. The molecule has 0 bridgehead atoms. The van der Waals surface area contributed by atoms with Crippen molar-refractivity contribution in [2.24, 2.45) is 0 Å². The third kappa shape index (κ3) is 4.93. The fourth-order valence-electron chi connectivity index (χ4n) is 3.52. The monoisotopic (exact) mass is 585 g/mol. The average Bonchev–Trinajstić information content (AvgIpc) is 2.77. The largest absolute Gasteiger partial charge is 0.323 e. The van der Waals surface area contributed by atoms with Crippen LogP contribution in [0.3, 0.4) is 0 Å². The number of hydrogen-bond acceptors (Lipinski definition) is 4. The molecule has 0 unspecified atom stereocenters. The molecule has 4 aromatic rings. The number of nitrogens with zero attached hydrogens (tertiary/aromatic N) is 2. The van der Waals surface area contributed by atoms with Gasteiger partial charge in [0.15, 0.2) is 5.16 Å². The number of amides is 1. The van der Waals surface area contributed by atoms with Crippen LogP contribution in [0, 0.1) is 20.8 Å². The van der Waals surface area contributed by atoms with Gasteiger partial charge in [-0.25, -0.2) is 4.98 Å². The minimum atomic E-state index is -0.194. The van der Waals surface area contributed by atoms with Gasteiger partial charge in [0, 0.05) is 8.95 Å². The van der Waals surface area contributed by atoms with Crippen LogP contribution in [0.5, 0.6) is 0 Å². The third-order valence-electron chi connectivity index (χ3n) is 5.35. The highest BCUT2D eigenvalue weighted by Gasteiger charge is 2.17. The lowest BCUT2D eigenvalue weighted by molar-refractivity contribution is -0.113. The molecule has 0 radical (unpaired) electrons. The van der Waals surface area contributed by atoms with E-state index in [-0.39, 0.29) is 17.2 Å². The molecule has 8 heteroatoms. The highest BCUT2D eigenvalue weighted by molar-refractivity contribution is 9.11. The molecule has 0 saturated heterocycles. The Morgan fingerprint density at radius 2 is 1.73 bits per heavy atom. The number of halogens is 2. The quantitative estimate of drug-likeness (QED) is 0.212. The summed E-state index contributed by atoms with van der Waals surface area (Å²) in [4.78, 5) is 31.0. The summed E-state index contributed by atoms with van der Waals surface area (Å²) < 4.78 is 3.20. The van der Waals surface area contributed by atoms with E-state index in [9.17, 15) is 9.59 Å². The number of nitrogens with one attached hydrogen (secondary N) is 1. The lowest BCUT2D eigenvalue weighted by Crippen LogP contribution is -2.23. The van der Waals surface area contributed by atoms with Crippen LogP contribution in [0.25, 0.3) is 16.6 Å². The molecular weight excluding hydrogens is 566 g/mol. The van der Waals surface area contributed by atoms with E-state index < -0.39 is 0 Å². The van der Waals surface area contributed by atoms with Gasteiger partial charge in [0.05, 0.1) is 28.0 Å². The van der Waals surface area contributed by atoms with E-state index in [1.54, 1.807) is 10.6 Å². The van der Waals surface area contributed by atoms with Crippen LogP contribution in [-0.2, 0) is 4.79 Å². The number of thioether (sulfide) groups is 1. The van der Waals surface area contributed by atoms with Gasteiger partial charge in [-0.15, -0.1) is 0 Å². The number of aryl methyl sites for hydroxylation is 2. The predicted octanol–water partition coefficient (Wildman–Crippen LogP) is 6.57. The Hall–Kier alpha value is -2.42. The number of carbonyl (C=O) groups is 1. The second kappa shape index (κ2) is 9.83. The standard InChI is InChI=1S/C25H21Br2N3O2S/c1-14-11-18(26)23(19(27)12-14)29-22(31)13-33-25-28-20-9-5-4-8-17(20)24(32)30(25)21-10-6-7-15(2)16(21)3/h4-12H,13H2,1-3H3,(H,29,31). The van der Waals surface area contributed by atoms with Gasteiger partial charge in [0.1, 0.15) is 0 Å². The molecule has 0 aliphatic rings. The van der Waals surface area contributed by atoms with Crippen molar-refractivity contribution in [1.29, 1.82) is 0 Å². The Morgan fingerprint density at radius 3 is 2.45 bits per heavy atom. The van der Waals surface area contributed by atoms with Gasteiger partial charge < -0.3 is 5.32 Å². The molecule has 1 aromatic heterocycles. The van der Waals surface area contributed by atoms with Gasteiger partial charge in [-0.1, -0.05) is 36.0 Å². The van der Waals surface area contributed by atoms with Crippen LogP contribution in [-0.4, -0.2) is 21.2 Å². The molecule has 0 fully saturated rings. The predicted molar refractivity (Wildman–Crippen MR) is 143 cm³/mol. The molecule has 33 heavy (non-hydrogen) atoms. The maximum absolute atomic E-state index is 13.5. The molecule has 4 rings (SSSR count). The van der Waals surface area contributed by atoms with Crippen molar-refractivity contribution in [1.82, 2.24) is 9.55 Å². The zero-order valence-corrected chi connectivity index (χ0v) is 22.3. The second-order valence-corrected chi connectivity index (χ2v) is 10.4. The Kier molecular flexibility index (Phi) is 7.07. The van der Waals surface area contributed by atoms with Crippen molar-refractivity contribution in [3.8, 4) is 5.69 Å². The fourth-order valence-corrected chi connectivity index (χ4v) is 5.94. The first kappa shape index (κ1) is 23.7. The maximum Gasteiger partial charge on any atom is 0.266 e. The van der Waals surface area contributed by atoms with Gasteiger partial charge >= 0.3 is 0 Å². The van der Waals surface area contributed by atoms with Crippen LogP contribution in [0.1, 0.15) is 16.7 Å². The number of rotatable bonds is 5. The van der Waals surface area contributed by atoms with E-state index in [0.717, 1.165) is 31.3 Å². The first-order valence-corrected chi connectivity index (χ1v) is 12.8. The van der Waals surface area contributed by atoms with Crippen LogP contribution in [0.15, 0.2) is 73.5 Å². The summed E-state index contributed by atoms with van der Waals surface area (Å²) in [6.45, 7) is 5.98. The number of anilines is 1. The Morgan fingerprint density at radius 1 is 1.03 bits per heavy atom. The van der Waals surface area contributed by atoms with E-state index in [2.05, 4.69) is 37.2 Å². The smallest absolute Gasteiger partial charge is 0.266 e. The maximum atomic E-state index is 13.5. The van der Waals surface area contributed by atoms with Crippen LogP contribution >= 0.6 is 43.6 Å². The van der Waals surface area contributed by atoms with E-state index in [4.69, 9.17) is 4.98 Å². The topological polar surface area (TPSA) is 64.0 Å². The van der Waals surface area contributed by atoms with Crippen molar-refractivity contribution in [2.75, 3.05) is 11.1 Å². The summed E-state index contributed by atoms with van der Waals surface area (Å²) in [5.41, 5.74) is 5.04. The summed E-state index contributed by atoms with van der Waals surface area (Å²) in [5, 5.41) is 3.96. The molecule has 1 amide bonds. The molecule has 168 valence electrons. The first-order chi connectivity index (χ1) is 15.8. The minimum Gasteiger partial charge on any atom is -0.323 e. The average molecular weight is 587 g/mol. The summed E-state index contributed by atoms with van der Waals surface area (Å²) in [7, 11) is 0. The molecule has 0 aliphatic heterocycles. The third-order valence-corrected chi connectivity index (χ3v) is 7.53. The van der Waals surface area contributed by atoms with Crippen molar-refractivity contribution in [2.45, 2.75) is 25.9 Å². The molecule has 0 saturated carbocycles. The number of aromatic nitrogens is 2. The molecular formula is C25H21Br2N3O2S. The van der Waals surface area contributed by atoms with Crippen molar-refractivity contribution in [3.05, 3.63) is 90.6 Å². The van der Waals surface area contributed by atoms with Gasteiger partial charge in [-0.3, -0.25) is 14.2 Å². The van der Waals surface area contributed by atoms with E-state index in [1.807, 2.05) is 69.3 Å². The van der Waals surface area contributed by atoms with Crippen molar-refractivity contribution >= 4 is 66.1 Å². The molecule has 5 nitrogen and oxygen atoms in total. The lowest BCUT2D eigenvalue weighted by atomic mass is 10.1. The summed E-state index contributed by atoms with van der Waals surface area (Å²) in [6.07, 6.45) is 0. The second-order valence-electron chi connectivity index (χ2n) is 7.71. The zero-order chi connectivity index (χ0) is 23.7. The summed E-state index contributed by atoms with van der Waals surface area (Å²) >= 11 is 8.25. The van der Waals surface area contributed by atoms with E-state index >= 15 is 0 Å². The first-order valence-electron chi connectivity index (χ1n) is 10.2. The molecule has 1 heterocycles. The molecule has 1 N–H and O–H groups in total. The number of para-hydroxylation sites is 1. The highest BCUT2D eigenvalue weighted by atomic mass is 79.9. The van der Waals surface area contributed by atoms with Crippen LogP contribution in [0.2, 0.25) is 0 Å². The van der Waals surface area contributed by atoms with Crippen LogP contribution in [0.4, 0.5) is 5.69 Å². The normalized spacial score (nSPS) is 11.1. The summed E-state index contributed by atoms with van der Waals surface area (Å²) in [5.74, 6) is -0.0947. The van der Waals surface area contributed by atoms with Crippen molar-refractivity contribution in [3.63, 3.8) is 0 Å². The zero-order valence-electron chi connectivity index (χ0n) is 18.3. The SMILES string of the molecule is Cc1cc(Br)c(NC(=O)CSc2nc3ccccc3c(=O)n2-c2cccc(C)c2C)c(Br)c1. The Bertz CT molecular complexity index is 1430. The Labute approximate surface area is 212 Å². The number of benzene rings is 3. The van der Waals surface area contributed by atoms with Gasteiger partial charge in [-0.2, -0.15) is 0 Å². The number of hydrogen-bond donors (Lipinski definition) is 1. The van der Waals surface area contributed by atoms with Crippen LogP contribution < -0.4 is 10.9 Å². The van der Waals surface area contributed by atoms with E-state index in [1.165, 1.54) is 11.8 Å². The van der Waals surface area contributed by atoms with Crippen molar-refractivity contribution < 1.29 is 4.79 Å². The van der Waals surface area contributed by atoms with Gasteiger partial charge in [0.25, 0.3) is 5.56 Å². The molecule has 0 aliphatic carbocycles. The molecule has 0 spiro atoms. The number of fused-ring (bicyclic) bond motifs is 1. The fraction of sp³-hybridized carbons (Fsp3) is 0.160.